The SMILES string of the molecule is Cc1ccc(C2(C)NC(=O)N(CC(=O)N3CC(=O)Nc4cc(C)cnc43)C2=O)cc1. The number of rotatable bonds is 3. The number of fused-ring (bicyclic) bond motifs is 1. The number of amides is 5. The van der Waals surface area contributed by atoms with Crippen LogP contribution in [0.5, 0.6) is 0 Å². The molecule has 5 amide bonds. The lowest BCUT2D eigenvalue weighted by atomic mass is 9.91. The lowest BCUT2D eigenvalue weighted by molar-refractivity contribution is -0.134. The molecule has 2 aromatic rings. The third-order valence-electron chi connectivity index (χ3n) is 5.33. The fourth-order valence-electron chi connectivity index (χ4n) is 3.63. The van der Waals surface area contributed by atoms with Gasteiger partial charge in [0, 0.05) is 6.20 Å². The number of nitrogens with zero attached hydrogens (tertiary/aromatic N) is 3. The van der Waals surface area contributed by atoms with E-state index in [4.69, 9.17) is 0 Å². The summed E-state index contributed by atoms with van der Waals surface area (Å²) in [6, 6.07) is 8.30. The highest BCUT2D eigenvalue weighted by molar-refractivity contribution is 6.13. The maximum absolute atomic E-state index is 13.1. The average Bonchev–Trinajstić information content (AvgIpc) is 2.91. The largest absolute Gasteiger partial charge is 0.325 e. The molecule has 1 atom stereocenters. The van der Waals surface area contributed by atoms with E-state index in [0.717, 1.165) is 16.0 Å². The van der Waals surface area contributed by atoms with Crippen molar-refractivity contribution in [2.75, 3.05) is 23.3 Å². The highest BCUT2D eigenvalue weighted by Gasteiger charge is 2.50. The summed E-state index contributed by atoms with van der Waals surface area (Å²) in [5.74, 6) is -1.18. The Balaban J connectivity index is 1.58. The zero-order valence-electron chi connectivity index (χ0n) is 16.9. The summed E-state index contributed by atoms with van der Waals surface area (Å²) < 4.78 is 0. The van der Waals surface area contributed by atoms with Gasteiger partial charge in [0.1, 0.15) is 18.6 Å². The Morgan fingerprint density at radius 2 is 1.83 bits per heavy atom. The van der Waals surface area contributed by atoms with E-state index in [1.165, 1.54) is 4.90 Å². The molecule has 4 rings (SSSR count). The van der Waals surface area contributed by atoms with E-state index in [9.17, 15) is 19.2 Å². The van der Waals surface area contributed by atoms with E-state index < -0.39 is 29.9 Å². The zero-order valence-corrected chi connectivity index (χ0v) is 16.9. The third kappa shape index (κ3) is 3.18. The van der Waals surface area contributed by atoms with Crippen LogP contribution in [0.1, 0.15) is 23.6 Å². The van der Waals surface area contributed by atoms with Crippen LogP contribution in [0.3, 0.4) is 0 Å². The summed E-state index contributed by atoms with van der Waals surface area (Å²) in [5.41, 5.74) is 1.63. The Labute approximate surface area is 173 Å². The number of hydrogen-bond acceptors (Lipinski definition) is 5. The van der Waals surface area contributed by atoms with E-state index in [1.54, 1.807) is 31.3 Å². The van der Waals surface area contributed by atoms with Crippen molar-refractivity contribution in [3.63, 3.8) is 0 Å². The minimum Gasteiger partial charge on any atom is -0.321 e. The van der Waals surface area contributed by atoms with Gasteiger partial charge in [-0.3, -0.25) is 24.2 Å². The van der Waals surface area contributed by atoms with Crippen molar-refractivity contribution in [1.82, 2.24) is 15.2 Å². The van der Waals surface area contributed by atoms with E-state index in [2.05, 4.69) is 15.6 Å². The molecule has 1 aromatic carbocycles. The highest BCUT2D eigenvalue weighted by Crippen LogP contribution is 2.31. The van der Waals surface area contributed by atoms with Gasteiger partial charge in [-0.25, -0.2) is 9.78 Å². The second kappa shape index (κ2) is 6.94. The predicted octanol–water partition coefficient (Wildman–Crippen LogP) is 1.45. The fourth-order valence-corrected chi connectivity index (χ4v) is 3.63. The summed E-state index contributed by atoms with van der Waals surface area (Å²) >= 11 is 0. The van der Waals surface area contributed by atoms with Crippen LogP contribution < -0.4 is 15.5 Å². The first kappa shape index (κ1) is 19.6. The van der Waals surface area contributed by atoms with E-state index >= 15 is 0 Å². The number of imide groups is 1. The van der Waals surface area contributed by atoms with Gasteiger partial charge < -0.3 is 10.6 Å². The Morgan fingerprint density at radius 1 is 1.13 bits per heavy atom. The van der Waals surface area contributed by atoms with Gasteiger partial charge in [-0.05, 0) is 38.0 Å². The summed E-state index contributed by atoms with van der Waals surface area (Å²) in [6.45, 7) is 4.62. The maximum Gasteiger partial charge on any atom is 0.325 e. The molecular formula is C21H21N5O4. The number of carbonyl (C=O) groups excluding carboxylic acids is 4. The summed E-state index contributed by atoms with van der Waals surface area (Å²) in [5, 5.41) is 5.36. The molecule has 0 saturated carbocycles. The van der Waals surface area contributed by atoms with Crippen molar-refractivity contribution in [1.29, 1.82) is 0 Å². The fraction of sp³-hybridized carbons (Fsp3) is 0.286. The van der Waals surface area contributed by atoms with Crippen LogP contribution in [0, 0.1) is 13.8 Å². The van der Waals surface area contributed by atoms with Gasteiger partial charge in [-0.2, -0.15) is 0 Å². The average molecular weight is 407 g/mol. The molecule has 1 saturated heterocycles. The van der Waals surface area contributed by atoms with Crippen LogP contribution in [0.15, 0.2) is 36.5 Å². The zero-order chi connectivity index (χ0) is 21.6. The quantitative estimate of drug-likeness (QED) is 0.748. The molecule has 154 valence electrons. The van der Waals surface area contributed by atoms with Crippen LogP contribution in [-0.4, -0.2) is 46.7 Å². The summed E-state index contributed by atoms with van der Waals surface area (Å²) in [7, 11) is 0. The molecule has 1 unspecified atom stereocenters. The first-order valence-electron chi connectivity index (χ1n) is 9.47. The number of urea groups is 1. The monoisotopic (exact) mass is 407 g/mol. The van der Waals surface area contributed by atoms with Gasteiger partial charge in [-0.1, -0.05) is 29.8 Å². The van der Waals surface area contributed by atoms with E-state index in [0.29, 0.717) is 17.1 Å². The van der Waals surface area contributed by atoms with E-state index in [1.807, 2.05) is 26.0 Å². The molecule has 0 bridgehead atoms. The van der Waals surface area contributed by atoms with Gasteiger partial charge in [0.15, 0.2) is 5.82 Å². The van der Waals surface area contributed by atoms with Crippen LogP contribution in [0.25, 0.3) is 0 Å². The predicted molar refractivity (Wildman–Crippen MR) is 109 cm³/mol. The van der Waals surface area contributed by atoms with Crippen LogP contribution >= 0.6 is 0 Å². The van der Waals surface area contributed by atoms with Gasteiger partial charge in [0.2, 0.25) is 11.8 Å². The molecule has 2 N–H and O–H groups in total. The molecule has 3 heterocycles. The Bertz CT molecular complexity index is 1080. The van der Waals surface area contributed by atoms with Gasteiger partial charge in [-0.15, -0.1) is 0 Å². The number of hydrogen-bond donors (Lipinski definition) is 2. The molecular weight excluding hydrogens is 386 g/mol. The molecule has 0 spiro atoms. The minimum absolute atomic E-state index is 0.235. The molecule has 2 aliphatic heterocycles. The van der Waals surface area contributed by atoms with Crippen molar-refractivity contribution >= 4 is 35.3 Å². The summed E-state index contributed by atoms with van der Waals surface area (Å²) in [4.78, 5) is 56.9. The Kier molecular flexibility index (Phi) is 4.53. The van der Waals surface area contributed by atoms with Crippen molar-refractivity contribution in [2.45, 2.75) is 26.3 Å². The summed E-state index contributed by atoms with van der Waals surface area (Å²) in [6.07, 6.45) is 1.58. The third-order valence-corrected chi connectivity index (χ3v) is 5.33. The molecule has 1 fully saturated rings. The Morgan fingerprint density at radius 3 is 2.53 bits per heavy atom. The minimum atomic E-state index is -1.27. The number of nitrogens with one attached hydrogen (secondary N) is 2. The number of carbonyl (C=O) groups is 4. The second-order valence-corrected chi connectivity index (χ2v) is 7.72. The van der Waals surface area contributed by atoms with Crippen LogP contribution in [-0.2, 0) is 19.9 Å². The van der Waals surface area contributed by atoms with E-state index in [-0.39, 0.29) is 12.5 Å². The lowest BCUT2D eigenvalue weighted by Crippen LogP contribution is -2.48. The Hall–Kier alpha value is -3.75. The topological polar surface area (TPSA) is 112 Å². The highest BCUT2D eigenvalue weighted by atomic mass is 16.2. The first-order chi connectivity index (χ1) is 14.2. The second-order valence-electron chi connectivity index (χ2n) is 7.72. The number of aromatic nitrogens is 1. The van der Waals surface area contributed by atoms with Gasteiger partial charge >= 0.3 is 6.03 Å². The van der Waals surface area contributed by atoms with Crippen molar-refractivity contribution in [2.24, 2.45) is 0 Å². The number of pyridine rings is 1. The van der Waals surface area contributed by atoms with Gasteiger partial charge in [0.25, 0.3) is 5.91 Å². The number of benzene rings is 1. The normalized spacial score (nSPS) is 20.7. The van der Waals surface area contributed by atoms with Crippen molar-refractivity contribution in [3.8, 4) is 0 Å². The van der Waals surface area contributed by atoms with Crippen LogP contribution in [0.4, 0.5) is 16.3 Å². The number of anilines is 2. The van der Waals surface area contributed by atoms with Gasteiger partial charge in [0.05, 0.1) is 5.69 Å². The van der Waals surface area contributed by atoms with Crippen molar-refractivity contribution in [3.05, 3.63) is 53.2 Å². The molecule has 0 aliphatic carbocycles. The maximum atomic E-state index is 13.1. The van der Waals surface area contributed by atoms with Crippen LogP contribution in [0.2, 0.25) is 0 Å². The van der Waals surface area contributed by atoms with Crippen molar-refractivity contribution < 1.29 is 19.2 Å². The molecule has 9 heteroatoms. The lowest BCUT2D eigenvalue weighted by Gasteiger charge is -2.29. The molecule has 30 heavy (non-hydrogen) atoms. The molecule has 1 aromatic heterocycles. The molecule has 9 nitrogen and oxygen atoms in total. The number of aryl methyl sites for hydroxylation is 2. The standard InChI is InChI=1S/C21H21N5O4/c1-12-4-6-14(7-5-12)21(3)19(29)26(20(30)24-21)11-17(28)25-10-16(27)23-15-8-13(2)9-22-18(15)25/h4-9H,10-11H2,1-3H3,(H,23,27)(H,24,30). The molecule has 2 aliphatic rings. The smallest absolute Gasteiger partial charge is 0.321 e. The first-order valence-corrected chi connectivity index (χ1v) is 9.47. The molecule has 0 radical (unpaired) electrons.